The Kier molecular flexibility index (Phi) is 1.90. The molecule has 0 radical (unpaired) electrons. The summed E-state index contributed by atoms with van der Waals surface area (Å²) in [6.45, 7) is 1.95. The Balaban J connectivity index is 1.85. The van der Waals surface area contributed by atoms with Crippen LogP contribution in [-0.2, 0) is 0 Å². The van der Waals surface area contributed by atoms with E-state index in [1.165, 1.54) is 18.6 Å². The summed E-state index contributed by atoms with van der Waals surface area (Å²) in [5.74, 6) is 2.12. The summed E-state index contributed by atoms with van der Waals surface area (Å²) in [6.07, 6.45) is 4.49. The number of rotatable bonds is 3. The predicted octanol–water partition coefficient (Wildman–Crippen LogP) is 2.49. The molecular formula is C8H11NOS. The van der Waals surface area contributed by atoms with Crippen molar-refractivity contribution < 1.29 is 4.42 Å². The third kappa shape index (κ3) is 1.99. The average molecular weight is 169 g/mol. The highest BCUT2D eigenvalue weighted by atomic mass is 32.2. The lowest BCUT2D eigenvalue weighted by Crippen LogP contribution is -1.80. The van der Waals surface area contributed by atoms with E-state index in [2.05, 4.69) is 4.98 Å². The molecule has 0 spiro atoms. The average Bonchev–Trinajstić information content (AvgIpc) is 2.72. The first-order valence-electron chi connectivity index (χ1n) is 3.89. The molecule has 0 bridgehead atoms. The van der Waals surface area contributed by atoms with Crippen LogP contribution in [0, 0.1) is 12.8 Å². The first kappa shape index (κ1) is 7.22. The van der Waals surface area contributed by atoms with Crippen molar-refractivity contribution in [1.29, 1.82) is 0 Å². The van der Waals surface area contributed by atoms with Crippen LogP contribution in [0.2, 0.25) is 0 Å². The second-order valence-corrected chi connectivity index (χ2v) is 3.98. The van der Waals surface area contributed by atoms with Gasteiger partial charge in [0.1, 0.15) is 6.26 Å². The van der Waals surface area contributed by atoms with Gasteiger partial charge in [0.15, 0.2) is 0 Å². The monoisotopic (exact) mass is 169 g/mol. The highest BCUT2D eigenvalue weighted by Gasteiger charge is 2.21. The van der Waals surface area contributed by atoms with Crippen LogP contribution in [0.25, 0.3) is 0 Å². The molecule has 0 unspecified atom stereocenters. The zero-order chi connectivity index (χ0) is 7.68. The fraction of sp³-hybridized carbons (Fsp3) is 0.625. The fourth-order valence-corrected chi connectivity index (χ4v) is 1.91. The van der Waals surface area contributed by atoms with Gasteiger partial charge >= 0.3 is 0 Å². The minimum atomic E-state index is 0.828. The number of oxazole rings is 1. The zero-order valence-corrected chi connectivity index (χ0v) is 7.36. The second-order valence-electron chi connectivity index (χ2n) is 3.01. The van der Waals surface area contributed by atoms with E-state index in [1.807, 2.05) is 6.92 Å². The lowest BCUT2D eigenvalue weighted by Gasteiger charge is -1.90. The molecule has 0 N–H and O–H groups in total. The molecule has 1 heterocycles. The molecule has 60 valence electrons. The first-order chi connectivity index (χ1) is 5.34. The van der Waals surface area contributed by atoms with Crippen LogP contribution in [-0.4, -0.2) is 10.7 Å². The molecule has 11 heavy (non-hydrogen) atoms. The van der Waals surface area contributed by atoms with Crippen molar-refractivity contribution in [1.82, 2.24) is 4.98 Å². The predicted molar refractivity (Wildman–Crippen MR) is 44.7 cm³/mol. The van der Waals surface area contributed by atoms with Gasteiger partial charge in [0, 0.05) is 5.75 Å². The number of aromatic nitrogens is 1. The quantitative estimate of drug-likeness (QED) is 0.650. The van der Waals surface area contributed by atoms with Crippen LogP contribution in [0.15, 0.2) is 15.9 Å². The summed E-state index contributed by atoms with van der Waals surface area (Å²) in [7, 11) is 0. The second kappa shape index (κ2) is 2.89. The van der Waals surface area contributed by atoms with Gasteiger partial charge in [-0.05, 0) is 25.7 Å². The Bertz CT molecular complexity index is 242. The molecule has 0 aromatic carbocycles. The third-order valence-corrected chi connectivity index (χ3v) is 2.81. The zero-order valence-electron chi connectivity index (χ0n) is 6.54. The smallest absolute Gasteiger partial charge is 0.255 e. The minimum absolute atomic E-state index is 0.828. The molecule has 0 saturated heterocycles. The Morgan fingerprint density at radius 2 is 2.55 bits per heavy atom. The number of hydrogen-bond donors (Lipinski definition) is 0. The van der Waals surface area contributed by atoms with E-state index in [1.54, 1.807) is 18.0 Å². The number of aryl methyl sites for hydroxylation is 1. The molecule has 1 aliphatic rings. The summed E-state index contributed by atoms with van der Waals surface area (Å²) >= 11 is 1.73. The van der Waals surface area contributed by atoms with E-state index in [4.69, 9.17) is 4.42 Å². The molecule has 1 fully saturated rings. The SMILES string of the molecule is Cc1coc(SCC2CC2)n1. The molecule has 1 saturated carbocycles. The summed E-state index contributed by atoms with van der Waals surface area (Å²) in [6, 6.07) is 0. The normalized spacial score (nSPS) is 17.2. The van der Waals surface area contributed by atoms with Crippen LogP contribution in [0.1, 0.15) is 18.5 Å². The first-order valence-corrected chi connectivity index (χ1v) is 4.88. The van der Waals surface area contributed by atoms with E-state index < -0.39 is 0 Å². The standard InChI is InChI=1S/C8H11NOS/c1-6-4-10-8(9-6)11-5-7-2-3-7/h4,7H,2-3,5H2,1H3. The van der Waals surface area contributed by atoms with Gasteiger partial charge in [0.25, 0.3) is 5.22 Å². The van der Waals surface area contributed by atoms with Crippen molar-refractivity contribution >= 4 is 11.8 Å². The van der Waals surface area contributed by atoms with Gasteiger partial charge in [-0.25, -0.2) is 4.98 Å². The highest BCUT2D eigenvalue weighted by molar-refractivity contribution is 7.99. The molecule has 0 amide bonds. The molecule has 0 aliphatic heterocycles. The van der Waals surface area contributed by atoms with E-state index >= 15 is 0 Å². The maximum atomic E-state index is 5.19. The minimum Gasteiger partial charge on any atom is -0.440 e. The third-order valence-electron chi connectivity index (χ3n) is 1.74. The summed E-state index contributed by atoms with van der Waals surface area (Å²) in [5, 5.41) is 0.828. The van der Waals surface area contributed by atoms with Gasteiger partial charge < -0.3 is 4.42 Å². The van der Waals surface area contributed by atoms with Crippen LogP contribution in [0.4, 0.5) is 0 Å². The van der Waals surface area contributed by atoms with Crippen molar-refractivity contribution in [2.24, 2.45) is 5.92 Å². The van der Waals surface area contributed by atoms with Crippen LogP contribution >= 0.6 is 11.8 Å². The van der Waals surface area contributed by atoms with Gasteiger partial charge in [0.05, 0.1) is 5.69 Å². The number of hydrogen-bond acceptors (Lipinski definition) is 3. The summed E-state index contributed by atoms with van der Waals surface area (Å²) in [5.41, 5.74) is 0.975. The highest BCUT2D eigenvalue weighted by Crippen LogP contribution is 2.34. The number of thioether (sulfide) groups is 1. The fourth-order valence-electron chi connectivity index (χ4n) is 0.872. The van der Waals surface area contributed by atoms with Crippen molar-refractivity contribution in [3.8, 4) is 0 Å². The van der Waals surface area contributed by atoms with Crippen molar-refractivity contribution in [3.05, 3.63) is 12.0 Å². The van der Waals surface area contributed by atoms with Crippen molar-refractivity contribution in [3.63, 3.8) is 0 Å². The van der Waals surface area contributed by atoms with Gasteiger partial charge in [0.2, 0.25) is 0 Å². The molecule has 3 heteroatoms. The molecule has 2 rings (SSSR count). The van der Waals surface area contributed by atoms with E-state index in [0.717, 1.165) is 16.8 Å². The maximum absolute atomic E-state index is 5.19. The van der Waals surface area contributed by atoms with Gasteiger partial charge in [-0.15, -0.1) is 0 Å². The molecule has 1 aliphatic carbocycles. The van der Waals surface area contributed by atoms with E-state index in [9.17, 15) is 0 Å². The largest absolute Gasteiger partial charge is 0.440 e. The van der Waals surface area contributed by atoms with Crippen LogP contribution in [0.3, 0.4) is 0 Å². The molecule has 1 aromatic rings. The number of nitrogens with zero attached hydrogens (tertiary/aromatic N) is 1. The molecule has 0 atom stereocenters. The summed E-state index contributed by atoms with van der Waals surface area (Å²) < 4.78 is 5.19. The van der Waals surface area contributed by atoms with Crippen LogP contribution in [0.5, 0.6) is 0 Å². The molecular weight excluding hydrogens is 158 g/mol. The Morgan fingerprint density at radius 1 is 1.73 bits per heavy atom. The summed E-state index contributed by atoms with van der Waals surface area (Å²) in [4.78, 5) is 4.21. The lowest BCUT2D eigenvalue weighted by molar-refractivity contribution is 0.454. The Hall–Kier alpha value is -0.440. The van der Waals surface area contributed by atoms with Gasteiger partial charge in [-0.2, -0.15) is 0 Å². The Morgan fingerprint density at radius 3 is 3.09 bits per heavy atom. The molecule has 1 aromatic heterocycles. The van der Waals surface area contributed by atoms with Crippen molar-refractivity contribution in [2.75, 3.05) is 5.75 Å². The maximum Gasteiger partial charge on any atom is 0.255 e. The van der Waals surface area contributed by atoms with Crippen LogP contribution < -0.4 is 0 Å². The van der Waals surface area contributed by atoms with Gasteiger partial charge in [-0.3, -0.25) is 0 Å². The van der Waals surface area contributed by atoms with Crippen molar-refractivity contribution in [2.45, 2.75) is 25.0 Å². The van der Waals surface area contributed by atoms with Gasteiger partial charge in [-0.1, -0.05) is 11.8 Å². The van der Waals surface area contributed by atoms with E-state index in [0.29, 0.717) is 0 Å². The molecule has 2 nitrogen and oxygen atoms in total. The van der Waals surface area contributed by atoms with E-state index in [-0.39, 0.29) is 0 Å². The Labute approximate surface area is 70.4 Å². The lowest BCUT2D eigenvalue weighted by atomic mass is 10.5. The topological polar surface area (TPSA) is 26.0 Å².